The third-order valence-corrected chi connectivity index (χ3v) is 0.677. The van der Waals surface area contributed by atoms with Gasteiger partial charge in [-0.25, -0.2) is 0 Å². The van der Waals surface area contributed by atoms with Crippen LogP contribution in [0.4, 0.5) is 0 Å². The first-order valence-corrected chi connectivity index (χ1v) is 1.94. The molecule has 0 aliphatic rings. The van der Waals surface area contributed by atoms with Crippen molar-refractivity contribution in [2.75, 3.05) is 0 Å². The first-order chi connectivity index (χ1) is 3.18. The van der Waals surface area contributed by atoms with Crippen molar-refractivity contribution in [2.24, 2.45) is 0 Å². The molecule has 0 aromatic rings. The SMILES string of the molecule is [CH2]NC(C)C(=O)O. The first-order valence-electron chi connectivity index (χ1n) is 1.94. The molecule has 0 aromatic heterocycles. The molecule has 1 radical (unpaired) electrons. The maximum absolute atomic E-state index is 9.83. The number of aliphatic carboxylic acids is 1. The van der Waals surface area contributed by atoms with Crippen LogP contribution in [0.2, 0.25) is 0 Å². The summed E-state index contributed by atoms with van der Waals surface area (Å²) in [5.41, 5.74) is 0. The highest BCUT2D eigenvalue weighted by Gasteiger charge is 2.04. The van der Waals surface area contributed by atoms with Gasteiger partial charge < -0.3 is 10.4 Å². The lowest BCUT2D eigenvalue weighted by Gasteiger charge is -1.99. The number of nitrogens with one attached hydrogen (secondary N) is 1. The average Bonchev–Trinajstić information content (AvgIpc) is 1.65. The van der Waals surface area contributed by atoms with Crippen molar-refractivity contribution in [1.82, 2.24) is 5.32 Å². The van der Waals surface area contributed by atoms with Crippen molar-refractivity contribution in [3.8, 4) is 0 Å². The predicted molar refractivity (Wildman–Crippen MR) is 25.6 cm³/mol. The van der Waals surface area contributed by atoms with E-state index in [0.29, 0.717) is 0 Å². The molecule has 0 amide bonds. The van der Waals surface area contributed by atoms with E-state index in [1.54, 1.807) is 0 Å². The van der Waals surface area contributed by atoms with Crippen molar-refractivity contribution in [3.63, 3.8) is 0 Å². The second-order valence-electron chi connectivity index (χ2n) is 1.26. The molecule has 41 valence electrons. The maximum Gasteiger partial charge on any atom is 0.320 e. The summed E-state index contributed by atoms with van der Waals surface area (Å²) in [5.74, 6) is -0.880. The molecular weight excluding hydrogens is 94.0 g/mol. The lowest BCUT2D eigenvalue weighted by Crippen LogP contribution is -2.28. The predicted octanol–water partition coefficient (Wildman–Crippen LogP) is -0.159. The van der Waals surface area contributed by atoms with Gasteiger partial charge >= 0.3 is 5.97 Å². The summed E-state index contributed by atoms with van der Waals surface area (Å²) in [7, 11) is 3.18. The van der Waals surface area contributed by atoms with Crippen LogP contribution in [0.3, 0.4) is 0 Å². The second kappa shape index (κ2) is 2.58. The van der Waals surface area contributed by atoms with Crippen LogP contribution in [0, 0.1) is 7.05 Å². The molecule has 1 atom stereocenters. The molecule has 1 unspecified atom stereocenters. The fourth-order valence-electron chi connectivity index (χ4n) is 0.0873. The van der Waals surface area contributed by atoms with Gasteiger partial charge in [-0.15, -0.1) is 0 Å². The Morgan fingerprint density at radius 3 is 2.43 bits per heavy atom. The van der Waals surface area contributed by atoms with Crippen LogP contribution >= 0.6 is 0 Å². The van der Waals surface area contributed by atoms with Gasteiger partial charge in [0.05, 0.1) is 0 Å². The van der Waals surface area contributed by atoms with Crippen LogP contribution in [0.5, 0.6) is 0 Å². The Bertz CT molecular complexity index is 72.1. The van der Waals surface area contributed by atoms with Crippen LogP contribution in [-0.2, 0) is 4.79 Å². The highest BCUT2D eigenvalue weighted by Crippen LogP contribution is 1.75. The van der Waals surface area contributed by atoms with E-state index in [-0.39, 0.29) is 0 Å². The summed E-state index contributed by atoms with van der Waals surface area (Å²) >= 11 is 0. The van der Waals surface area contributed by atoms with Gasteiger partial charge in [0.2, 0.25) is 0 Å². The van der Waals surface area contributed by atoms with E-state index in [1.807, 2.05) is 0 Å². The molecule has 0 saturated heterocycles. The zero-order valence-corrected chi connectivity index (χ0v) is 4.14. The Hall–Kier alpha value is -0.570. The van der Waals surface area contributed by atoms with Gasteiger partial charge in [0.1, 0.15) is 6.04 Å². The van der Waals surface area contributed by atoms with Gasteiger partial charge in [-0.1, -0.05) is 0 Å². The van der Waals surface area contributed by atoms with E-state index in [9.17, 15) is 4.79 Å². The highest BCUT2D eigenvalue weighted by atomic mass is 16.4. The third kappa shape index (κ3) is 2.17. The molecule has 0 aromatic carbocycles. The summed E-state index contributed by atoms with van der Waals surface area (Å²) in [4.78, 5) is 9.83. The minimum absolute atomic E-state index is 0.542. The van der Waals surface area contributed by atoms with Gasteiger partial charge in [0.15, 0.2) is 0 Å². The molecule has 2 N–H and O–H groups in total. The highest BCUT2D eigenvalue weighted by molar-refractivity contribution is 5.72. The van der Waals surface area contributed by atoms with Crippen molar-refractivity contribution in [1.29, 1.82) is 0 Å². The molecule has 0 saturated carbocycles. The molecule has 0 rings (SSSR count). The normalized spacial score (nSPS) is 13.4. The minimum Gasteiger partial charge on any atom is -0.480 e. The molecule has 0 spiro atoms. The fourth-order valence-corrected chi connectivity index (χ4v) is 0.0873. The zero-order valence-electron chi connectivity index (χ0n) is 4.14. The zero-order chi connectivity index (χ0) is 5.86. The van der Waals surface area contributed by atoms with Gasteiger partial charge in [0, 0.05) is 7.05 Å². The van der Waals surface area contributed by atoms with E-state index < -0.39 is 12.0 Å². The quantitative estimate of drug-likeness (QED) is 0.509. The summed E-state index contributed by atoms with van der Waals surface area (Å²) in [5, 5.41) is 10.4. The molecular formula is C4H8NO2. The Kier molecular flexibility index (Phi) is 2.37. The summed E-state index contributed by atoms with van der Waals surface area (Å²) in [6.45, 7) is 1.52. The molecule has 0 fully saturated rings. The topological polar surface area (TPSA) is 49.3 Å². The Morgan fingerprint density at radius 2 is 2.43 bits per heavy atom. The maximum atomic E-state index is 9.83. The smallest absolute Gasteiger partial charge is 0.320 e. The van der Waals surface area contributed by atoms with Crippen LogP contribution in [0.25, 0.3) is 0 Å². The Labute approximate surface area is 42.3 Å². The van der Waals surface area contributed by atoms with E-state index in [0.717, 1.165) is 0 Å². The third-order valence-electron chi connectivity index (χ3n) is 0.677. The summed E-state index contributed by atoms with van der Waals surface area (Å²) in [6.07, 6.45) is 0. The second-order valence-corrected chi connectivity index (χ2v) is 1.26. The lowest BCUT2D eigenvalue weighted by molar-refractivity contribution is -0.138. The van der Waals surface area contributed by atoms with Crippen molar-refractivity contribution in [2.45, 2.75) is 13.0 Å². The standard InChI is InChI=1S/C4H8NO2/c1-3(5-2)4(6)7/h3,5H,2H2,1H3,(H,6,7). The van der Waals surface area contributed by atoms with Crippen molar-refractivity contribution in [3.05, 3.63) is 7.05 Å². The number of carbonyl (C=O) groups is 1. The van der Waals surface area contributed by atoms with E-state index in [1.165, 1.54) is 6.92 Å². The Balaban J connectivity index is 3.34. The molecule has 0 aliphatic heterocycles. The van der Waals surface area contributed by atoms with Crippen LogP contribution in [-0.4, -0.2) is 17.1 Å². The molecule has 3 heteroatoms. The van der Waals surface area contributed by atoms with E-state index in [2.05, 4.69) is 12.4 Å². The van der Waals surface area contributed by atoms with E-state index in [4.69, 9.17) is 5.11 Å². The van der Waals surface area contributed by atoms with Crippen molar-refractivity contribution < 1.29 is 9.90 Å². The van der Waals surface area contributed by atoms with Crippen LogP contribution in [0.1, 0.15) is 6.92 Å². The van der Waals surface area contributed by atoms with Gasteiger partial charge in [-0.3, -0.25) is 4.79 Å². The minimum atomic E-state index is -0.880. The Morgan fingerprint density at radius 1 is 2.00 bits per heavy atom. The number of carboxylic acids is 1. The number of hydrogen-bond donors (Lipinski definition) is 2. The van der Waals surface area contributed by atoms with Crippen LogP contribution < -0.4 is 5.32 Å². The summed E-state index contributed by atoms with van der Waals surface area (Å²) < 4.78 is 0. The molecule has 0 bridgehead atoms. The molecule has 0 heterocycles. The largest absolute Gasteiger partial charge is 0.480 e. The average molecular weight is 102 g/mol. The molecule has 7 heavy (non-hydrogen) atoms. The monoisotopic (exact) mass is 102 g/mol. The number of hydrogen-bond acceptors (Lipinski definition) is 2. The summed E-state index contributed by atoms with van der Waals surface area (Å²) in [6, 6.07) is -0.542. The fraction of sp³-hybridized carbons (Fsp3) is 0.500. The van der Waals surface area contributed by atoms with Gasteiger partial charge in [-0.05, 0) is 6.92 Å². The van der Waals surface area contributed by atoms with Gasteiger partial charge in [0.25, 0.3) is 0 Å². The van der Waals surface area contributed by atoms with Crippen LogP contribution in [0.15, 0.2) is 0 Å². The first kappa shape index (κ1) is 6.43. The number of carboxylic acid groups (broad SMARTS) is 1. The van der Waals surface area contributed by atoms with E-state index >= 15 is 0 Å². The molecule has 0 aliphatic carbocycles. The number of rotatable bonds is 2. The van der Waals surface area contributed by atoms with Crippen molar-refractivity contribution >= 4 is 5.97 Å². The molecule has 3 nitrogen and oxygen atoms in total. The van der Waals surface area contributed by atoms with Gasteiger partial charge in [-0.2, -0.15) is 0 Å². The lowest BCUT2D eigenvalue weighted by atomic mass is 10.4.